The zero-order valence-corrected chi connectivity index (χ0v) is 12.0. The Morgan fingerprint density at radius 3 is 2.71 bits per heavy atom. The molecule has 1 aromatic carbocycles. The minimum atomic E-state index is -1.16. The van der Waals surface area contributed by atoms with Gasteiger partial charge in [0.1, 0.15) is 5.82 Å². The lowest BCUT2D eigenvalue weighted by atomic mass is 9.84. The van der Waals surface area contributed by atoms with Crippen molar-refractivity contribution in [3.63, 3.8) is 0 Å². The molecule has 2 atom stereocenters. The average molecular weight is 296 g/mol. The molecule has 0 bridgehead atoms. The van der Waals surface area contributed by atoms with E-state index >= 15 is 0 Å². The first-order valence-corrected chi connectivity index (χ1v) is 6.91. The number of hydrogen-bond acceptors (Lipinski definition) is 3. The number of halogens is 2. The second-order valence-corrected chi connectivity index (χ2v) is 5.72. The number of nitro groups is 1. The first kappa shape index (κ1) is 15.4. The van der Waals surface area contributed by atoms with Crippen LogP contribution in [0.15, 0.2) is 23.8 Å². The van der Waals surface area contributed by atoms with Crippen molar-refractivity contribution in [2.45, 2.75) is 26.7 Å². The normalized spacial score (nSPS) is 21.8. The lowest BCUT2D eigenvalue weighted by molar-refractivity contribution is -0.387. The second kappa shape index (κ2) is 6.20. The Morgan fingerprint density at radius 2 is 2.10 bits per heavy atom. The van der Waals surface area contributed by atoms with E-state index in [9.17, 15) is 18.9 Å². The minimum Gasteiger partial charge on any atom is -0.382 e. The Balaban J connectivity index is 2.08. The predicted molar refractivity (Wildman–Crippen MR) is 77.1 cm³/mol. The third-order valence-corrected chi connectivity index (χ3v) is 3.70. The van der Waals surface area contributed by atoms with Crippen LogP contribution in [0.25, 0.3) is 0 Å². The van der Waals surface area contributed by atoms with Gasteiger partial charge >= 0.3 is 5.69 Å². The van der Waals surface area contributed by atoms with Gasteiger partial charge in [0.25, 0.3) is 0 Å². The van der Waals surface area contributed by atoms with Crippen molar-refractivity contribution in [1.82, 2.24) is 0 Å². The van der Waals surface area contributed by atoms with E-state index in [4.69, 9.17) is 0 Å². The summed E-state index contributed by atoms with van der Waals surface area (Å²) in [5.41, 5.74) is 0.557. The fourth-order valence-electron chi connectivity index (χ4n) is 2.91. The number of anilines is 1. The average Bonchev–Trinajstić information content (AvgIpc) is 2.36. The van der Waals surface area contributed by atoms with Gasteiger partial charge in [-0.05, 0) is 31.6 Å². The fraction of sp³-hybridized carbons (Fsp3) is 0.467. The number of allylic oxidation sites excluding steroid dienone is 2. The molecule has 0 radical (unpaired) electrons. The van der Waals surface area contributed by atoms with Crippen LogP contribution in [0.1, 0.15) is 26.7 Å². The van der Waals surface area contributed by atoms with Crippen molar-refractivity contribution in [3.8, 4) is 0 Å². The minimum absolute atomic E-state index is 0.0250. The Morgan fingerprint density at radius 1 is 1.38 bits per heavy atom. The van der Waals surface area contributed by atoms with Crippen LogP contribution in [-0.2, 0) is 0 Å². The Hall–Kier alpha value is -1.98. The van der Waals surface area contributed by atoms with Crippen molar-refractivity contribution in [2.24, 2.45) is 11.8 Å². The molecule has 0 amide bonds. The SMILES string of the molecule is CC1=CC(C)CC(CNc2cc([N+](=O)[O-])c(F)cc2F)C1. The Bertz CT molecular complexity index is 587. The monoisotopic (exact) mass is 296 g/mol. The number of rotatable bonds is 4. The van der Waals surface area contributed by atoms with Gasteiger partial charge in [0.2, 0.25) is 5.82 Å². The van der Waals surface area contributed by atoms with Gasteiger partial charge in [0, 0.05) is 18.7 Å². The number of nitrogens with one attached hydrogen (secondary N) is 1. The second-order valence-electron chi connectivity index (χ2n) is 5.72. The summed E-state index contributed by atoms with van der Waals surface area (Å²) in [4.78, 5) is 9.83. The van der Waals surface area contributed by atoms with E-state index in [0.29, 0.717) is 24.4 Å². The van der Waals surface area contributed by atoms with Gasteiger partial charge in [-0.2, -0.15) is 4.39 Å². The third-order valence-electron chi connectivity index (χ3n) is 3.70. The molecule has 0 heterocycles. The molecule has 21 heavy (non-hydrogen) atoms. The molecule has 1 N–H and O–H groups in total. The Labute approximate surface area is 122 Å². The molecule has 4 nitrogen and oxygen atoms in total. The molecular formula is C15H18F2N2O2. The van der Waals surface area contributed by atoms with Crippen LogP contribution in [0.3, 0.4) is 0 Å². The lowest BCUT2D eigenvalue weighted by Crippen LogP contribution is -2.20. The number of benzene rings is 1. The highest BCUT2D eigenvalue weighted by Gasteiger charge is 2.21. The van der Waals surface area contributed by atoms with Gasteiger partial charge in [0.05, 0.1) is 10.6 Å². The van der Waals surface area contributed by atoms with E-state index in [0.717, 1.165) is 18.9 Å². The molecule has 6 heteroatoms. The summed E-state index contributed by atoms with van der Waals surface area (Å²) in [5, 5.41) is 13.6. The van der Waals surface area contributed by atoms with Gasteiger partial charge in [-0.25, -0.2) is 4.39 Å². The van der Waals surface area contributed by atoms with Crippen LogP contribution in [0, 0.1) is 33.6 Å². The molecule has 0 fully saturated rings. The zero-order valence-electron chi connectivity index (χ0n) is 12.0. The molecule has 1 aromatic rings. The molecular weight excluding hydrogens is 278 g/mol. The van der Waals surface area contributed by atoms with E-state index < -0.39 is 22.2 Å². The van der Waals surface area contributed by atoms with Crippen molar-refractivity contribution >= 4 is 11.4 Å². The fourth-order valence-corrected chi connectivity index (χ4v) is 2.91. The summed E-state index contributed by atoms with van der Waals surface area (Å²) in [6.07, 6.45) is 4.12. The largest absolute Gasteiger partial charge is 0.382 e. The first-order chi connectivity index (χ1) is 9.86. The van der Waals surface area contributed by atoms with Gasteiger partial charge in [-0.1, -0.05) is 18.6 Å². The maximum Gasteiger partial charge on any atom is 0.307 e. The zero-order chi connectivity index (χ0) is 15.6. The third kappa shape index (κ3) is 3.77. The van der Waals surface area contributed by atoms with Gasteiger partial charge in [-0.15, -0.1) is 0 Å². The highest BCUT2D eigenvalue weighted by atomic mass is 19.1. The highest BCUT2D eigenvalue weighted by Crippen LogP contribution is 2.29. The van der Waals surface area contributed by atoms with Gasteiger partial charge in [-0.3, -0.25) is 10.1 Å². The van der Waals surface area contributed by atoms with Crippen LogP contribution < -0.4 is 5.32 Å². The standard InChI is InChI=1S/C15H18F2N2O2/c1-9-3-10(2)5-11(4-9)8-18-14-7-15(19(20)21)13(17)6-12(14)16/h3,6-7,9,11,18H,4-5,8H2,1-2H3. The van der Waals surface area contributed by atoms with Crippen LogP contribution >= 0.6 is 0 Å². The summed E-state index contributed by atoms with van der Waals surface area (Å²) in [6.45, 7) is 4.69. The van der Waals surface area contributed by atoms with E-state index in [1.165, 1.54) is 5.57 Å². The van der Waals surface area contributed by atoms with E-state index in [1.807, 2.05) is 0 Å². The first-order valence-electron chi connectivity index (χ1n) is 6.91. The molecule has 1 aliphatic rings. The van der Waals surface area contributed by atoms with Gasteiger partial charge in [0.15, 0.2) is 0 Å². The summed E-state index contributed by atoms with van der Waals surface area (Å²) in [6, 6.07) is 1.47. The molecule has 114 valence electrons. The molecule has 2 unspecified atom stereocenters. The maximum absolute atomic E-state index is 13.7. The smallest absolute Gasteiger partial charge is 0.307 e. The van der Waals surface area contributed by atoms with Crippen LogP contribution in [-0.4, -0.2) is 11.5 Å². The van der Waals surface area contributed by atoms with Crippen LogP contribution in [0.2, 0.25) is 0 Å². The van der Waals surface area contributed by atoms with E-state index in [1.54, 1.807) is 0 Å². The summed E-state index contributed by atoms with van der Waals surface area (Å²) < 4.78 is 26.9. The molecule has 0 saturated heterocycles. The van der Waals surface area contributed by atoms with Crippen molar-refractivity contribution < 1.29 is 13.7 Å². The number of hydrogen-bond donors (Lipinski definition) is 1. The van der Waals surface area contributed by atoms with Crippen molar-refractivity contribution in [3.05, 3.63) is 45.5 Å². The molecule has 0 spiro atoms. The number of nitrogens with zero attached hydrogens (tertiary/aromatic N) is 1. The van der Waals surface area contributed by atoms with Crippen molar-refractivity contribution in [1.29, 1.82) is 0 Å². The summed E-state index contributed by atoms with van der Waals surface area (Å²) >= 11 is 0. The maximum atomic E-state index is 13.7. The van der Waals surface area contributed by atoms with Crippen LogP contribution in [0.4, 0.5) is 20.2 Å². The summed E-state index contributed by atoms with van der Waals surface area (Å²) in [7, 11) is 0. The molecule has 2 rings (SSSR count). The van der Waals surface area contributed by atoms with Gasteiger partial charge < -0.3 is 5.32 Å². The van der Waals surface area contributed by atoms with Crippen molar-refractivity contribution in [2.75, 3.05) is 11.9 Å². The number of nitro benzene ring substituents is 1. The highest BCUT2D eigenvalue weighted by molar-refractivity contribution is 5.53. The summed E-state index contributed by atoms with van der Waals surface area (Å²) in [5.74, 6) is -1.16. The van der Waals surface area contributed by atoms with E-state index in [-0.39, 0.29) is 5.69 Å². The molecule has 0 aliphatic heterocycles. The topological polar surface area (TPSA) is 55.2 Å². The van der Waals surface area contributed by atoms with Crippen LogP contribution in [0.5, 0.6) is 0 Å². The Kier molecular flexibility index (Phi) is 4.55. The quantitative estimate of drug-likeness (QED) is 0.512. The predicted octanol–water partition coefficient (Wildman–Crippen LogP) is 4.28. The molecule has 1 aliphatic carbocycles. The molecule has 0 aromatic heterocycles. The lowest BCUT2D eigenvalue weighted by Gasteiger charge is -2.26. The van der Waals surface area contributed by atoms with E-state index in [2.05, 4.69) is 25.2 Å². The molecule has 0 saturated carbocycles.